The molecule has 11 nitrogen and oxygen atoms in total. The van der Waals surface area contributed by atoms with E-state index in [1.54, 1.807) is 48.5 Å². The highest BCUT2D eigenvalue weighted by atomic mass is 35.5. The lowest BCUT2D eigenvalue weighted by Crippen LogP contribution is -2.45. The van der Waals surface area contributed by atoms with Crippen LogP contribution in [0.1, 0.15) is 18.4 Å². The molecule has 2 amide bonds. The van der Waals surface area contributed by atoms with Crippen LogP contribution in [0.3, 0.4) is 0 Å². The molecule has 4 aromatic rings. The lowest BCUT2D eigenvalue weighted by molar-refractivity contribution is -0.137. The van der Waals surface area contributed by atoms with Crippen LogP contribution in [0.5, 0.6) is 5.75 Å². The number of nitrogens with one attached hydrogen (secondary N) is 3. The van der Waals surface area contributed by atoms with Gasteiger partial charge in [0.2, 0.25) is 11.8 Å². The highest BCUT2D eigenvalue weighted by Gasteiger charge is 2.22. The van der Waals surface area contributed by atoms with E-state index in [-0.39, 0.29) is 31.9 Å². The third-order valence-corrected chi connectivity index (χ3v) is 6.25. The van der Waals surface area contributed by atoms with Crippen LogP contribution >= 0.6 is 11.6 Å². The van der Waals surface area contributed by atoms with Crippen LogP contribution < -0.4 is 20.7 Å². The maximum atomic E-state index is 13.4. The van der Waals surface area contributed by atoms with E-state index in [0.29, 0.717) is 44.4 Å². The number of hydrogen-bond donors (Lipinski definition) is 4. The second-order valence-corrected chi connectivity index (χ2v) is 9.52. The number of fused-ring (bicyclic) bond motifs is 1. The fourth-order valence-corrected chi connectivity index (χ4v) is 4.22. The summed E-state index contributed by atoms with van der Waals surface area (Å²) in [5, 5.41) is 18.3. The number of aliphatic carboxylic acids is 1. The Morgan fingerprint density at radius 2 is 1.86 bits per heavy atom. The molecule has 1 aromatic heterocycles. The van der Waals surface area contributed by atoms with Gasteiger partial charge in [0, 0.05) is 30.3 Å². The first-order chi connectivity index (χ1) is 20.2. The average molecular weight is 596 g/mol. The van der Waals surface area contributed by atoms with E-state index < -0.39 is 23.8 Å². The summed E-state index contributed by atoms with van der Waals surface area (Å²) in [5.41, 5.74) is 2.23. The summed E-state index contributed by atoms with van der Waals surface area (Å²) in [7, 11) is 1.33. The van der Waals surface area contributed by atoms with E-state index in [9.17, 15) is 18.8 Å². The van der Waals surface area contributed by atoms with Gasteiger partial charge in [-0.2, -0.15) is 0 Å². The van der Waals surface area contributed by atoms with Gasteiger partial charge in [0.05, 0.1) is 10.5 Å². The monoisotopic (exact) mass is 595 g/mol. The maximum Gasteiger partial charge on any atom is 0.303 e. The SMILES string of the molecule is COCC(=O)NC(CCC(=O)O)C(=O)Nc1ccc2ncnc(Nc3ccc(OCc4cccc(F)c4)c(Cl)c3)c2c1. The van der Waals surface area contributed by atoms with Crippen LogP contribution in [-0.4, -0.2) is 52.6 Å². The van der Waals surface area contributed by atoms with Crippen molar-refractivity contribution in [3.63, 3.8) is 0 Å². The number of benzene rings is 3. The zero-order valence-corrected chi connectivity index (χ0v) is 23.2. The van der Waals surface area contributed by atoms with Crippen LogP contribution in [0.4, 0.5) is 21.6 Å². The first-order valence-corrected chi connectivity index (χ1v) is 13.1. The van der Waals surface area contributed by atoms with E-state index in [2.05, 4.69) is 25.9 Å². The number of methoxy groups -OCH3 is 1. The predicted octanol–water partition coefficient (Wildman–Crippen LogP) is 4.68. The van der Waals surface area contributed by atoms with Crippen molar-refractivity contribution >= 4 is 57.5 Å². The lowest BCUT2D eigenvalue weighted by Gasteiger charge is -2.18. The van der Waals surface area contributed by atoms with E-state index in [1.165, 1.54) is 25.6 Å². The summed E-state index contributed by atoms with van der Waals surface area (Å²) in [5.74, 6) is -1.75. The number of carbonyl (C=O) groups excluding carboxylic acids is 2. The Labute approximate surface area is 245 Å². The average Bonchev–Trinajstić information content (AvgIpc) is 2.95. The molecule has 0 aliphatic heterocycles. The van der Waals surface area contributed by atoms with Gasteiger partial charge in [-0.3, -0.25) is 14.4 Å². The van der Waals surface area contributed by atoms with E-state index in [0.717, 1.165) is 0 Å². The highest BCUT2D eigenvalue weighted by Crippen LogP contribution is 2.31. The summed E-state index contributed by atoms with van der Waals surface area (Å²) in [6.07, 6.45) is 0.958. The summed E-state index contributed by atoms with van der Waals surface area (Å²) in [6, 6.07) is 15.0. The van der Waals surface area contributed by atoms with Crippen molar-refractivity contribution in [3.8, 4) is 5.75 Å². The van der Waals surface area contributed by atoms with E-state index in [1.807, 2.05) is 0 Å². The number of halogens is 2. The van der Waals surface area contributed by atoms with Gasteiger partial charge in [0.15, 0.2) is 0 Å². The zero-order valence-electron chi connectivity index (χ0n) is 22.4. The number of anilines is 3. The number of ether oxygens (including phenoxy) is 2. The van der Waals surface area contributed by atoms with Gasteiger partial charge in [-0.25, -0.2) is 14.4 Å². The van der Waals surface area contributed by atoms with Crippen molar-refractivity contribution in [2.75, 3.05) is 24.4 Å². The fraction of sp³-hybridized carbons (Fsp3) is 0.207. The van der Waals surface area contributed by atoms with Crippen molar-refractivity contribution in [1.29, 1.82) is 0 Å². The topological polar surface area (TPSA) is 152 Å². The minimum absolute atomic E-state index is 0.108. The summed E-state index contributed by atoms with van der Waals surface area (Å²) in [6.45, 7) is -0.133. The van der Waals surface area contributed by atoms with Crippen molar-refractivity contribution in [1.82, 2.24) is 15.3 Å². The first-order valence-electron chi connectivity index (χ1n) is 12.7. The van der Waals surface area contributed by atoms with E-state index in [4.69, 9.17) is 26.2 Å². The lowest BCUT2D eigenvalue weighted by atomic mass is 10.1. The minimum Gasteiger partial charge on any atom is -0.487 e. The highest BCUT2D eigenvalue weighted by molar-refractivity contribution is 6.32. The number of carboxylic acids is 1. The van der Waals surface area contributed by atoms with Crippen molar-refractivity contribution in [2.45, 2.75) is 25.5 Å². The number of rotatable bonds is 13. The van der Waals surface area contributed by atoms with Gasteiger partial charge >= 0.3 is 5.97 Å². The number of hydrogen-bond acceptors (Lipinski definition) is 8. The van der Waals surface area contributed by atoms with Gasteiger partial charge in [-0.1, -0.05) is 23.7 Å². The van der Waals surface area contributed by atoms with Crippen LogP contribution in [0, 0.1) is 5.82 Å². The van der Waals surface area contributed by atoms with Gasteiger partial charge < -0.3 is 30.5 Å². The number of carbonyl (C=O) groups is 3. The molecule has 1 atom stereocenters. The van der Waals surface area contributed by atoms with Crippen LogP contribution in [-0.2, 0) is 25.7 Å². The van der Waals surface area contributed by atoms with E-state index >= 15 is 0 Å². The molecule has 13 heteroatoms. The van der Waals surface area contributed by atoms with Crippen LogP contribution in [0.15, 0.2) is 67.0 Å². The third-order valence-electron chi connectivity index (χ3n) is 5.95. The predicted molar refractivity (Wildman–Crippen MR) is 154 cm³/mol. The molecule has 218 valence electrons. The number of aromatic nitrogens is 2. The van der Waals surface area contributed by atoms with Gasteiger partial charge in [0.25, 0.3) is 0 Å². The Bertz CT molecular complexity index is 1600. The third kappa shape index (κ3) is 8.35. The molecule has 4 rings (SSSR count). The molecule has 1 heterocycles. The molecule has 0 aliphatic rings. The molecule has 42 heavy (non-hydrogen) atoms. The Kier molecular flexibility index (Phi) is 10.2. The van der Waals surface area contributed by atoms with Crippen molar-refractivity contribution in [2.24, 2.45) is 0 Å². The van der Waals surface area contributed by atoms with Gasteiger partial charge in [0.1, 0.15) is 43.0 Å². The molecule has 0 radical (unpaired) electrons. The molecule has 1 unspecified atom stereocenters. The molecule has 0 aliphatic carbocycles. The molecular formula is C29H27ClFN5O6. The number of nitrogens with zero attached hydrogens (tertiary/aromatic N) is 2. The number of carboxylic acid groups (broad SMARTS) is 1. The standard InChI is InChI=1S/C29H27ClFN5O6/c1-41-15-26(37)36-24(8-10-27(38)39)29(40)35-19-5-7-23-21(12-19)28(33-16-32-23)34-20-6-9-25(22(30)13-20)42-14-17-3-2-4-18(31)11-17/h2-7,9,11-13,16,24H,8,10,14-15H2,1H3,(H,35,40)(H,36,37)(H,38,39)(H,32,33,34). The van der Waals surface area contributed by atoms with Gasteiger partial charge in [-0.05, 0) is 60.5 Å². The van der Waals surface area contributed by atoms with Crippen LogP contribution in [0.2, 0.25) is 5.02 Å². The Morgan fingerprint density at radius 1 is 1.05 bits per heavy atom. The zero-order chi connectivity index (χ0) is 30.1. The maximum absolute atomic E-state index is 13.4. The molecule has 0 spiro atoms. The normalized spacial score (nSPS) is 11.5. The van der Waals surface area contributed by atoms with Crippen LogP contribution in [0.25, 0.3) is 10.9 Å². The second kappa shape index (κ2) is 14.2. The molecule has 0 saturated carbocycles. The smallest absolute Gasteiger partial charge is 0.303 e. The Morgan fingerprint density at radius 3 is 2.60 bits per heavy atom. The van der Waals surface area contributed by atoms with Crippen molar-refractivity contribution < 1.29 is 33.4 Å². The quantitative estimate of drug-likeness (QED) is 0.173. The summed E-state index contributed by atoms with van der Waals surface area (Å²) in [4.78, 5) is 44.6. The Hall–Kier alpha value is -4.81. The minimum atomic E-state index is -1.10. The summed E-state index contributed by atoms with van der Waals surface area (Å²) < 4.78 is 23.9. The molecule has 4 N–H and O–H groups in total. The number of amides is 2. The van der Waals surface area contributed by atoms with Gasteiger partial charge in [-0.15, -0.1) is 0 Å². The first kappa shape index (κ1) is 30.2. The molecule has 0 fully saturated rings. The Balaban J connectivity index is 1.49. The molecular weight excluding hydrogens is 569 g/mol. The van der Waals surface area contributed by atoms with Crippen molar-refractivity contribution in [3.05, 3.63) is 83.4 Å². The second-order valence-electron chi connectivity index (χ2n) is 9.12. The largest absolute Gasteiger partial charge is 0.487 e. The molecule has 3 aromatic carbocycles. The fourth-order valence-electron chi connectivity index (χ4n) is 3.99. The summed E-state index contributed by atoms with van der Waals surface area (Å²) >= 11 is 6.43. The molecule has 0 saturated heterocycles. The molecule has 0 bridgehead atoms.